The highest BCUT2D eigenvalue weighted by Gasteiger charge is 2.15. The predicted molar refractivity (Wildman–Crippen MR) is 81.8 cm³/mol. The van der Waals surface area contributed by atoms with E-state index in [1.165, 1.54) is 12.4 Å². The minimum atomic E-state index is -0.372. The first-order valence-corrected chi connectivity index (χ1v) is 6.90. The van der Waals surface area contributed by atoms with Crippen LogP contribution in [0.3, 0.4) is 0 Å². The van der Waals surface area contributed by atoms with Crippen LogP contribution in [0.2, 0.25) is 0 Å². The summed E-state index contributed by atoms with van der Waals surface area (Å²) in [5, 5.41) is 19.2. The molecule has 9 heteroatoms. The van der Waals surface area contributed by atoms with Gasteiger partial charge >= 0.3 is 0 Å². The molecule has 0 aliphatic carbocycles. The number of hydrogen-bond acceptors (Lipinski definition) is 7. The van der Waals surface area contributed by atoms with Crippen LogP contribution in [-0.4, -0.2) is 36.5 Å². The molecule has 2 heterocycles. The van der Waals surface area contributed by atoms with Crippen LogP contribution in [0.1, 0.15) is 29.1 Å². The van der Waals surface area contributed by atoms with Crippen molar-refractivity contribution < 1.29 is 4.79 Å². The summed E-state index contributed by atoms with van der Waals surface area (Å²) in [6.07, 6.45) is 2.91. The lowest BCUT2D eigenvalue weighted by Crippen LogP contribution is -2.27. The number of H-pyrrole nitrogens is 1. The largest absolute Gasteiger partial charge is 0.342 e. The molecule has 0 aliphatic rings. The van der Waals surface area contributed by atoms with Gasteiger partial charge in [-0.05, 0) is 19.1 Å². The molecule has 0 saturated heterocycles. The molecule has 116 valence electrons. The molecule has 23 heavy (non-hydrogen) atoms. The number of para-hydroxylation sites is 1. The number of aromatic nitrogens is 6. The van der Waals surface area contributed by atoms with Crippen LogP contribution in [0.5, 0.6) is 0 Å². The van der Waals surface area contributed by atoms with E-state index < -0.39 is 0 Å². The molecule has 0 bridgehead atoms. The summed E-state index contributed by atoms with van der Waals surface area (Å²) in [5.41, 5.74) is 1.22. The summed E-state index contributed by atoms with van der Waals surface area (Å²) >= 11 is 0. The molecule has 0 radical (unpaired) electrons. The first-order valence-electron chi connectivity index (χ1n) is 6.90. The van der Waals surface area contributed by atoms with Crippen molar-refractivity contribution in [3.63, 3.8) is 0 Å². The fourth-order valence-corrected chi connectivity index (χ4v) is 1.86. The van der Waals surface area contributed by atoms with E-state index in [1.807, 2.05) is 30.3 Å². The highest BCUT2D eigenvalue weighted by Crippen LogP contribution is 2.12. The molecule has 0 saturated carbocycles. The van der Waals surface area contributed by atoms with Gasteiger partial charge in [0.2, 0.25) is 5.95 Å². The van der Waals surface area contributed by atoms with Gasteiger partial charge in [-0.15, -0.1) is 10.2 Å². The molecule has 3 N–H and O–H groups in total. The zero-order valence-corrected chi connectivity index (χ0v) is 12.3. The van der Waals surface area contributed by atoms with E-state index in [4.69, 9.17) is 0 Å². The smallest absolute Gasteiger partial charge is 0.255 e. The van der Waals surface area contributed by atoms with Crippen molar-refractivity contribution in [3.05, 3.63) is 54.1 Å². The molecule has 9 nitrogen and oxygen atoms in total. The van der Waals surface area contributed by atoms with Crippen molar-refractivity contribution in [1.82, 2.24) is 35.9 Å². The van der Waals surface area contributed by atoms with E-state index in [9.17, 15) is 4.79 Å². The van der Waals surface area contributed by atoms with Crippen molar-refractivity contribution in [1.29, 1.82) is 0 Å². The number of amides is 1. The number of anilines is 2. The van der Waals surface area contributed by atoms with Gasteiger partial charge < -0.3 is 10.6 Å². The van der Waals surface area contributed by atoms with Gasteiger partial charge in [0.15, 0.2) is 5.82 Å². The zero-order valence-electron chi connectivity index (χ0n) is 12.3. The SMILES string of the molecule is C[C@@H](NC(=O)c1cnc(Nc2ccccc2)nc1)c1nn[nH]n1. The van der Waals surface area contributed by atoms with Crippen molar-refractivity contribution in [2.75, 3.05) is 5.32 Å². The summed E-state index contributed by atoms with van der Waals surface area (Å²) in [7, 11) is 0. The van der Waals surface area contributed by atoms with E-state index in [0.717, 1.165) is 5.69 Å². The van der Waals surface area contributed by atoms with Crippen LogP contribution in [0.4, 0.5) is 11.6 Å². The van der Waals surface area contributed by atoms with Gasteiger partial charge in [-0.1, -0.05) is 23.4 Å². The lowest BCUT2D eigenvalue weighted by Gasteiger charge is -2.10. The summed E-state index contributed by atoms with van der Waals surface area (Å²) in [5.74, 6) is 0.508. The fourth-order valence-electron chi connectivity index (χ4n) is 1.86. The van der Waals surface area contributed by atoms with Crippen LogP contribution in [0.15, 0.2) is 42.7 Å². The highest BCUT2D eigenvalue weighted by atomic mass is 16.1. The van der Waals surface area contributed by atoms with E-state index in [0.29, 0.717) is 17.3 Å². The van der Waals surface area contributed by atoms with Gasteiger partial charge in [0.25, 0.3) is 5.91 Å². The quantitative estimate of drug-likeness (QED) is 0.647. The minimum absolute atomic E-state index is 0.312. The number of aromatic amines is 1. The van der Waals surface area contributed by atoms with E-state index in [2.05, 4.69) is 41.2 Å². The van der Waals surface area contributed by atoms with Gasteiger partial charge in [-0.2, -0.15) is 5.21 Å². The third-order valence-electron chi connectivity index (χ3n) is 3.04. The molecule has 1 atom stereocenters. The maximum atomic E-state index is 12.1. The second-order valence-electron chi connectivity index (χ2n) is 4.75. The van der Waals surface area contributed by atoms with Gasteiger partial charge in [0.05, 0.1) is 11.6 Å². The summed E-state index contributed by atoms with van der Waals surface area (Å²) in [6, 6.07) is 9.16. The standard InChI is InChI=1S/C14H14N8O/c1-9(12-19-21-22-20-12)17-13(23)10-7-15-14(16-8-10)18-11-5-3-2-4-6-11/h2-9H,1H3,(H,17,23)(H,15,16,18)(H,19,20,21,22)/t9-/m1/s1. The number of nitrogens with one attached hydrogen (secondary N) is 3. The molecule has 0 unspecified atom stereocenters. The second-order valence-corrected chi connectivity index (χ2v) is 4.75. The second kappa shape index (κ2) is 6.60. The van der Waals surface area contributed by atoms with Crippen LogP contribution < -0.4 is 10.6 Å². The first kappa shape index (κ1) is 14.6. The molecule has 0 spiro atoms. The molecule has 1 aromatic carbocycles. The van der Waals surface area contributed by atoms with Crippen LogP contribution in [0.25, 0.3) is 0 Å². The normalized spacial score (nSPS) is 11.7. The Kier molecular flexibility index (Phi) is 4.18. The monoisotopic (exact) mass is 310 g/mol. The van der Waals surface area contributed by atoms with Crippen LogP contribution >= 0.6 is 0 Å². The van der Waals surface area contributed by atoms with Gasteiger partial charge in [-0.25, -0.2) is 9.97 Å². The van der Waals surface area contributed by atoms with Crippen molar-refractivity contribution >= 4 is 17.5 Å². The van der Waals surface area contributed by atoms with Crippen molar-refractivity contribution in [3.8, 4) is 0 Å². The Labute approximate surface area is 131 Å². The molecular weight excluding hydrogens is 296 g/mol. The molecule has 0 fully saturated rings. The summed E-state index contributed by atoms with van der Waals surface area (Å²) in [6.45, 7) is 1.76. The predicted octanol–water partition coefficient (Wildman–Crippen LogP) is 1.22. The number of hydrogen-bond donors (Lipinski definition) is 3. The third kappa shape index (κ3) is 3.64. The van der Waals surface area contributed by atoms with Gasteiger partial charge in [0.1, 0.15) is 0 Å². The minimum Gasteiger partial charge on any atom is -0.342 e. The number of rotatable bonds is 5. The topological polar surface area (TPSA) is 121 Å². The molecule has 0 aliphatic heterocycles. The Hall–Kier alpha value is -3.36. The Morgan fingerprint density at radius 1 is 1.17 bits per heavy atom. The van der Waals surface area contributed by atoms with Crippen LogP contribution in [-0.2, 0) is 0 Å². The number of carbonyl (C=O) groups excluding carboxylic acids is 1. The van der Waals surface area contributed by atoms with Crippen molar-refractivity contribution in [2.45, 2.75) is 13.0 Å². The average Bonchev–Trinajstić information content (AvgIpc) is 3.11. The van der Waals surface area contributed by atoms with E-state index in [-0.39, 0.29) is 11.9 Å². The lowest BCUT2D eigenvalue weighted by molar-refractivity contribution is 0.0937. The molecule has 2 aromatic heterocycles. The number of nitrogens with zero attached hydrogens (tertiary/aromatic N) is 5. The summed E-state index contributed by atoms with van der Waals surface area (Å²) in [4.78, 5) is 20.4. The Morgan fingerprint density at radius 3 is 2.57 bits per heavy atom. The maximum Gasteiger partial charge on any atom is 0.255 e. The van der Waals surface area contributed by atoms with Gasteiger partial charge in [-0.3, -0.25) is 4.79 Å². The molecule has 3 rings (SSSR count). The average molecular weight is 310 g/mol. The third-order valence-corrected chi connectivity index (χ3v) is 3.04. The number of tetrazole rings is 1. The fraction of sp³-hybridized carbons (Fsp3) is 0.143. The van der Waals surface area contributed by atoms with Crippen LogP contribution in [0, 0.1) is 0 Å². The van der Waals surface area contributed by atoms with E-state index in [1.54, 1.807) is 6.92 Å². The molecule has 1 amide bonds. The maximum absolute atomic E-state index is 12.1. The molecule has 3 aromatic rings. The summed E-state index contributed by atoms with van der Waals surface area (Å²) < 4.78 is 0. The van der Waals surface area contributed by atoms with Gasteiger partial charge in [0, 0.05) is 18.1 Å². The lowest BCUT2D eigenvalue weighted by atomic mass is 10.2. The van der Waals surface area contributed by atoms with E-state index >= 15 is 0 Å². The zero-order chi connectivity index (χ0) is 16.1. The number of benzene rings is 1. The highest BCUT2D eigenvalue weighted by molar-refractivity contribution is 5.93. The Morgan fingerprint density at radius 2 is 1.91 bits per heavy atom. The number of carbonyl (C=O) groups is 1. The first-order chi connectivity index (χ1) is 11.2. The van der Waals surface area contributed by atoms with Crippen molar-refractivity contribution in [2.24, 2.45) is 0 Å². The molecular formula is C14H14N8O. The Balaban J connectivity index is 1.63. The Bertz CT molecular complexity index is 757.